The zero-order valence-electron chi connectivity index (χ0n) is 21.0. The Morgan fingerprint density at radius 2 is 1.59 bits per heavy atom. The molecular weight excluding hydrogens is 528 g/mol. The smallest absolute Gasteiger partial charge is 0.420 e. The summed E-state index contributed by atoms with van der Waals surface area (Å²) >= 11 is 0. The van der Waals surface area contributed by atoms with Crippen molar-refractivity contribution in [2.45, 2.75) is 88.5 Å². The van der Waals surface area contributed by atoms with Crippen molar-refractivity contribution in [3.05, 3.63) is 41.5 Å². The lowest BCUT2D eigenvalue weighted by atomic mass is 9.77. The summed E-state index contributed by atoms with van der Waals surface area (Å²) in [6.07, 6.45) is -8.84. The summed E-state index contributed by atoms with van der Waals surface area (Å²) < 4.78 is 87.2. The van der Waals surface area contributed by atoms with Gasteiger partial charge in [0.2, 0.25) is 0 Å². The lowest BCUT2D eigenvalue weighted by Crippen LogP contribution is -2.54. The van der Waals surface area contributed by atoms with E-state index in [0.717, 1.165) is 5.56 Å². The highest BCUT2D eigenvalue weighted by molar-refractivity contribution is 5.89. The Labute approximate surface area is 221 Å². The van der Waals surface area contributed by atoms with E-state index >= 15 is 0 Å². The van der Waals surface area contributed by atoms with Gasteiger partial charge in [-0.3, -0.25) is 14.5 Å². The van der Waals surface area contributed by atoms with Crippen molar-refractivity contribution in [3.8, 4) is 5.75 Å². The van der Waals surface area contributed by atoms with Crippen LogP contribution in [0.15, 0.2) is 30.3 Å². The number of ether oxygens (including phenoxy) is 1. The molecule has 1 aliphatic carbocycles. The third kappa shape index (κ3) is 5.88. The van der Waals surface area contributed by atoms with Crippen LogP contribution in [0.4, 0.5) is 26.3 Å². The lowest BCUT2D eigenvalue weighted by molar-refractivity contribution is -0.185. The molecule has 1 saturated carbocycles. The number of fused-ring (bicyclic) bond motifs is 3. The van der Waals surface area contributed by atoms with Crippen molar-refractivity contribution in [2.75, 3.05) is 0 Å². The van der Waals surface area contributed by atoms with Crippen LogP contribution in [0.3, 0.4) is 0 Å². The largest absolute Gasteiger partial charge is 0.490 e. The van der Waals surface area contributed by atoms with Crippen molar-refractivity contribution in [1.82, 2.24) is 4.90 Å². The molecule has 2 bridgehead atoms. The van der Waals surface area contributed by atoms with Gasteiger partial charge in [-0.05, 0) is 67.0 Å². The second-order valence-electron chi connectivity index (χ2n) is 11.1. The maximum Gasteiger partial charge on any atom is 0.420 e. The standard InChI is InChI=1S/C28H29F6NO4/c29-27(30,31)18-3-5-22(6-4-18)39-24-8-2-16-9-15(1-7-23(16)25(24)28(32,33)34)14-35-19-10-17(26(37)38)11-20(35)13-21(36)12-19/h1-2,7-9,17-20,22H,3-6,10-14H2,(H,37,38). The number of carboxylic acid groups (broad SMARTS) is 1. The fraction of sp³-hybridized carbons (Fsp3) is 0.571. The van der Waals surface area contributed by atoms with Crippen molar-refractivity contribution in [2.24, 2.45) is 11.8 Å². The highest BCUT2D eigenvalue weighted by atomic mass is 19.4. The summed E-state index contributed by atoms with van der Waals surface area (Å²) in [7, 11) is 0. The van der Waals surface area contributed by atoms with Gasteiger partial charge in [0, 0.05) is 31.5 Å². The molecule has 0 amide bonds. The number of rotatable bonds is 5. The highest BCUT2D eigenvalue weighted by Gasteiger charge is 2.44. The highest BCUT2D eigenvalue weighted by Crippen LogP contribution is 2.44. The maximum atomic E-state index is 14.2. The molecule has 11 heteroatoms. The molecule has 1 N–H and O–H groups in total. The van der Waals surface area contributed by atoms with Gasteiger partial charge in [-0.2, -0.15) is 26.3 Å². The van der Waals surface area contributed by atoms with E-state index in [1.807, 2.05) is 0 Å². The molecule has 2 atom stereocenters. The van der Waals surface area contributed by atoms with Crippen LogP contribution >= 0.6 is 0 Å². The van der Waals surface area contributed by atoms with Gasteiger partial charge in [0.1, 0.15) is 17.1 Å². The van der Waals surface area contributed by atoms with Crippen molar-refractivity contribution in [1.29, 1.82) is 0 Å². The first-order valence-corrected chi connectivity index (χ1v) is 13.2. The quantitative estimate of drug-likeness (QED) is 0.412. The predicted octanol–water partition coefficient (Wildman–Crippen LogP) is 6.76. The summed E-state index contributed by atoms with van der Waals surface area (Å²) in [6, 6.07) is 6.93. The van der Waals surface area contributed by atoms with Crippen LogP contribution in [-0.2, 0) is 22.3 Å². The molecule has 2 heterocycles. The first-order chi connectivity index (χ1) is 18.3. The molecule has 2 aromatic rings. The Bertz CT molecular complexity index is 1230. The van der Waals surface area contributed by atoms with E-state index in [2.05, 4.69) is 4.90 Å². The number of nitrogens with zero attached hydrogens (tertiary/aromatic N) is 1. The molecule has 2 unspecified atom stereocenters. The van der Waals surface area contributed by atoms with E-state index in [1.54, 1.807) is 12.1 Å². The average Bonchev–Trinajstić information content (AvgIpc) is 2.83. The monoisotopic (exact) mass is 557 g/mol. The molecule has 0 spiro atoms. The third-order valence-electron chi connectivity index (χ3n) is 8.45. The number of carbonyl (C=O) groups excluding carboxylic acids is 1. The summed E-state index contributed by atoms with van der Waals surface area (Å²) in [5.41, 5.74) is -0.206. The summed E-state index contributed by atoms with van der Waals surface area (Å²) in [6.45, 7) is 0.382. The minimum Gasteiger partial charge on any atom is -0.490 e. The van der Waals surface area contributed by atoms with E-state index in [4.69, 9.17) is 4.74 Å². The van der Waals surface area contributed by atoms with Crippen molar-refractivity contribution in [3.63, 3.8) is 0 Å². The second kappa shape index (κ2) is 10.3. The topological polar surface area (TPSA) is 66.8 Å². The molecule has 212 valence electrons. The van der Waals surface area contributed by atoms with Crippen LogP contribution in [0.1, 0.15) is 62.5 Å². The van der Waals surface area contributed by atoms with E-state index in [-0.39, 0.29) is 67.5 Å². The summed E-state index contributed by atoms with van der Waals surface area (Å²) in [5, 5.41) is 9.74. The Kier molecular flexibility index (Phi) is 7.32. The molecule has 5 rings (SSSR count). The van der Waals surface area contributed by atoms with Crippen LogP contribution in [0, 0.1) is 11.8 Å². The Morgan fingerprint density at radius 3 is 2.15 bits per heavy atom. The number of piperidine rings is 2. The number of halogens is 6. The summed E-state index contributed by atoms with van der Waals surface area (Å²) in [4.78, 5) is 25.8. The number of Topliss-reactive ketones (excluding diaryl/α,β-unsaturated/α-hetero) is 1. The zero-order chi connectivity index (χ0) is 28.1. The Morgan fingerprint density at radius 1 is 0.949 bits per heavy atom. The maximum absolute atomic E-state index is 14.2. The first kappa shape index (κ1) is 27.7. The van der Waals surface area contributed by atoms with Crippen LogP contribution in [0.2, 0.25) is 0 Å². The Balaban J connectivity index is 1.37. The summed E-state index contributed by atoms with van der Waals surface area (Å²) in [5.74, 6) is -3.14. The number of benzene rings is 2. The van der Waals surface area contributed by atoms with Gasteiger partial charge in [-0.15, -0.1) is 0 Å². The minimum atomic E-state index is -4.74. The van der Waals surface area contributed by atoms with Gasteiger partial charge in [-0.1, -0.05) is 18.2 Å². The molecular formula is C28H29F6NO4. The van der Waals surface area contributed by atoms with Crippen molar-refractivity contribution >= 4 is 22.5 Å². The minimum absolute atomic E-state index is 0.0296. The predicted molar refractivity (Wildman–Crippen MR) is 129 cm³/mol. The van der Waals surface area contributed by atoms with Crippen molar-refractivity contribution < 1.29 is 45.8 Å². The number of hydrogen-bond donors (Lipinski definition) is 1. The van der Waals surface area contributed by atoms with Crippen LogP contribution in [0.5, 0.6) is 5.75 Å². The number of hydrogen-bond acceptors (Lipinski definition) is 4. The van der Waals surface area contributed by atoms with Crippen LogP contribution in [0.25, 0.3) is 10.8 Å². The second-order valence-corrected chi connectivity index (χ2v) is 11.1. The number of carboxylic acids is 1. The fourth-order valence-corrected chi connectivity index (χ4v) is 6.54. The van der Waals surface area contributed by atoms with Gasteiger partial charge in [0.15, 0.2) is 0 Å². The van der Waals surface area contributed by atoms with Gasteiger partial charge < -0.3 is 9.84 Å². The zero-order valence-corrected chi connectivity index (χ0v) is 21.0. The number of aliphatic carboxylic acids is 1. The number of carbonyl (C=O) groups is 2. The van der Waals surface area contributed by atoms with E-state index in [0.29, 0.717) is 24.8 Å². The van der Waals surface area contributed by atoms with E-state index < -0.39 is 41.8 Å². The third-order valence-corrected chi connectivity index (χ3v) is 8.45. The normalized spacial score (nSPS) is 28.5. The SMILES string of the molecule is O=C1CC2CC(C(=O)O)CC(C1)N2Cc1ccc2c(C(F)(F)F)c(OC3CCC(C(F)(F)F)CC3)ccc2c1. The molecule has 39 heavy (non-hydrogen) atoms. The molecule has 2 saturated heterocycles. The van der Waals surface area contributed by atoms with Crippen LogP contribution < -0.4 is 4.74 Å². The first-order valence-electron chi connectivity index (χ1n) is 13.2. The van der Waals surface area contributed by atoms with E-state index in [1.165, 1.54) is 18.2 Å². The van der Waals surface area contributed by atoms with Gasteiger partial charge in [-0.25, -0.2) is 0 Å². The van der Waals surface area contributed by atoms with Gasteiger partial charge >= 0.3 is 18.3 Å². The molecule has 0 aromatic heterocycles. The molecule has 3 fully saturated rings. The molecule has 5 nitrogen and oxygen atoms in total. The molecule has 2 aliphatic heterocycles. The average molecular weight is 558 g/mol. The van der Waals surface area contributed by atoms with Crippen LogP contribution in [-0.4, -0.2) is 46.1 Å². The van der Waals surface area contributed by atoms with E-state index in [9.17, 15) is 41.0 Å². The molecule has 2 aromatic carbocycles. The van der Waals surface area contributed by atoms with Gasteiger partial charge in [0.05, 0.1) is 17.9 Å². The molecule has 3 aliphatic rings. The molecule has 0 radical (unpaired) electrons. The lowest BCUT2D eigenvalue weighted by Gasteiger charge is -2.47. The van der Waals surface area contributed by atoms with Gasteiger partial charge in [0.25, 0.3) is 0 Å². The Hall–Kier alpha value is -2.82. The fourth-order valence-electron chi connectivity index (χ4n) is 6.54. The number of alkyl halides is 6. The number of ketones is 1.